The SMILES string of the molecule is COCCCN1CC(C2CC2)NCC1c1ccccc1. The molecule has 0 radical (unpaired) electrons. The molecular formula is C17H26N2O. The summed E-state index contributed by atoms with van der Waals surface area (Å²) in [6, 6.07) is 12.1. The number of hydrogen-bond donors (Lipinski definition) is 1. The fraction of sp³-hybridized carbons (Fsp3) is 0.647. The van der Waals surface area contributed by atoms with Gasteiger partial charge in [-0.2, -0.15) is 0 Å². The van der Waals surface area contributed by atoms with Crippen LogP contribution in [0.5, 0.6) is 0 Å². The minimum atomic E-state index is 0.517. The summed E-state index contributed by atoms with van der Waals surface area (Å²) in [6.07, 6.45) is 3.95. The number of nitrogens with zero attached hydrogens (tertiary/aromatic N) is 1. The maximum Gasteiger partial charge on any atom is 0.0474 e. The van der Waals surface area contributed by atoms with Crippen molar-refractivity contribution < 1.29 is 4.74 Å². The molecule has 1 aromatic carbocycles. The number of hydrogen-bond acceptors (Lipinski definition) is 3. The third kappa shape index (κ3) is 3.40. The lowest BCUT2D eigenvalue weighted by molar-refractivity contribution is 0.104. The van der Waals surface area contributed by atoms with E-state index in [0.717, 1.165) is 32.0 Å². The van der Waals surface area contributed by atoms with Crippen molar-refractivity contribution in [3.05, 3.63) is 35.9 Å². The molecule has 1 N–H and O–H groups in total. The van der Waals surface area contributed by atoms with Crippen molar-refractivity contribution >= 4 is 0 Å². The first-order chi connectivity index (χ1) is 9.88. The molecule has 1 saturated carbocycles. The lowest BCUT2D eigenvalue weighted by Gasteiger charge is -2.41. The summed E-state index contributed by atoms with van der Waals surface area (Å²) in [5.74, 6) is 0.927. The Morgan fingerprint density at radius 1 is 1.25 bits per heavy atom. The van der Waals surface area contributed by atoms with Crippen LogP contribution in [0.2, 0.25) is 0 Å². The van der Waals surface area contributed by atoms with E-state index in [9.17, 15) is 0 Å². The molecule has 0 aromatic heterocycles. The number of ether oxygens (including phenoxy) is 1. The van der Waals surface area contributed by atoms with Crippen LogP contribution in [-0.4, -0.2) is 44.3 Å². The summed E-state index contributed by atoms with van der Waals surface area (Å²) in [5.41, 5.74) is 1.44. The van der Waals surface area contributed by atoms with Gasteiger partial charge in [0.15, 0.2) is 0 Å². The predicted molar refractivity (Wildman–Crippen MR) is 81.8 cm³/mol. The predicted octanol–water partition coefficient (Wildman–Crippen LogP) is 2.45. The summed E-state index contributed by atoms with van der Waals surface area (Å²) in [4.78, 5) is 2.66. The molecule has 1 aliphatic heterocycles. The van der Waals surface area contributed by atoms with Gasteiger partial charge >= 0.3 is 0 Å². The molecule has 110 valence electrons. The average Bonchev–Trinajstić information content (AvgIpc) is 3.33. The highest BCUT2D eigenvalue weighted by Gasteiger charge is 2.37. The Bertz CT molecular complexity index is 405. The van der Waals surface area contributed by atoms with E-state index >= 15 is 0 Å². The number of benzene rings is 1. The van der Waals surface area contributed by atoms with Crippen molar-refractivity contribution in [2.45, 2.75) is 31.3 Å². The van der Waals surface area contributed by atoms with E-state index in [1.54, 1.807) is 7.11 Å². The fourth-order valence-electron chi connectivity index (χ4n) is 3.31. The quantitative estimate of drug-likeness (QED) is 0.806. The van der Waals surface area contributed by atoms with Crippen LogP contribution in [-0.2, 0) is 4.74 Å². The number of nitrogens with one attached hydrogen (secondary N) is 1. The van der Waals surface area contributed by atoms with E-state index in [1.165, 1.54) is 24.9 Å². The molecular weight excluding hydrogens is 248 g/mol. The van der Waals surface area contributed by atoms with Crippen molar-refractivity contribution in [2.24, 2.45) is 5.92 Å². The van der Waals surface area contributed by atoms with Crippen molar-refractivity contribution in [3.8, 4) is 0 Å². The van der Waals surface area contributed by atoms with Crippen molar-refractivity contribution in [3.63, 3.8) is 0 Å². The van der Waals surface area contributed by atoms with Crippen LogP contribution in [0.3, 0.4) is 0 Å². The van der Waals surface area contributed by atoms with Gasteiger partial charge in [0, 0.05) is 45.4 Å². The van der Waals surface area contributed by atoms with Gasteiger partial charge in [-0.1, -0.05) is 30.3 Å². The molecule has 0 amide bonds. The second-order valence-electron chi connectivity index (χ2n) is 6.12. The van der Waals surface area contributed by atoms with Gasteiger partial charge in [-0.25, -0.2) is 0 Å². The zero-order valence-electron chi connectivity index (χ0n) is 12.4. The Labute approximate surface area is 122 Å². The third-order valence-corrected chi connectivity index (χ3v) is 4.61. The molecule has 2 unspecified atom stereocenters. The normalized spacial score (nSPS) is 27.6. The highest BCUT2D eigenvalue weighted by molar-refractivity contribution is 5.20. The molecule has 2 fully saturated rings. The number of rotatable bonds is 6. The molecule has 20 heavy (non-hydrogen) atoms. The smallest absolute Gasteiger partial charge is 0.0474 e. The largest absolute Gasteiger partial charge is 0.385 e. The Kier molecular flexibility index (Phi) is 4.71. The molecule has 2 atom stereocenters. The fourth-order valence-corrected chi connectivity index (χ4v) is 3.31. The Balaban J connectivity index is 1.66. The summed E-state index contributed by atoms with van der Waals surface area (Å²) in [6.45, 7) is 4.27. The summed E-state index contributed by atoms with van der Waals surface area (Å²) < 4.78 is 5.22. The standard InChI is InChI=1S/C17H26N2O/c1-20-11-5-10-19-13-16(14-8-9-14)18-12-17(19)15-6-3-2-4-7-15/h2-4,6-7,14,16-18H,5,8-13H2,1H3. The average molecular weight is 274 g/mol. The monoisotopic (exact) mass is 274 g/mol. The van der Waals surface area contributed by atoms with Gasteiger partial charge in [-0.3, -0.25) is 4.90 Å². The molecule has 1 heterocycles. The molecule has 3 nitrogen and oxygen atoms in total. The van der Waals surface area contributed by atoms with Crippen LogP contribution in [0, 0.1) is 5.92 Å². The van der Waals surface area contributed by atoms with Crippen molar-refractivity contribution in [1.82, 2.24) is 10.2 Å². The zero-order valence-corrected chi connectivity index (χ0v) is 12.4. The Hall–Kier alpha value is -0.900. The minimum absolute atomic E-state index is 0.517. The van der Waals surface area contributed by atoms with Crippen LogP contribution >= 0.6 is 0 Å². The molecule has 1 aliphatic carbocycles. The van der Waals surface area contributed by atoms with E-state index in [-0.39, 0.29) is 0 Å². The molecule has 1 saturated heterocycles. The molecule has 3 rings (SSSR count). The lowest BCUT2D eigenvalue weighted by atomic mass is 9.99. The summed E-state index contributed by atoms with van der Waals surface area (Å²) in [7, 11) is 1.79. The maximum absolute atomic E-state index is 5.22. The first-order valence-corrected chi connectivity index (χ1v) is 7.90. The van der Waals surface area contributed by atoms with Gasteiger partial charge in [-0.05, 0) is 30.7 Å². The van der Waals surface area contributed by atoms with E-state index < -0.39 is 0 Å². The van der Waals surface area contributed by atoms with Gasteiger partial charge in [0.2, 0.25) is 0 Å². The maximum atomic E-state index is 5.22. The Morgan fingerprint density at radius 3 is 2.75 bits per heavy atom. The van der Waals surface area contributed by atoms with Crippen LogP contribution in [0.4, 0.5) is 0 Å². The van der Waals surface area contributed by atoms with Gasteiger partial charge in [0.05, 0.1) is 0 Å². The molecule has 3 heteroatoms. The molecule has 0 bridgehead atoms. The van der Waals surface area contributed by atoms with E-state index in [2.05, 4.69) is 40.5 Å². The number of methoxy groups -OCH3 is 1. The van der Waals surface area contributed by atoms with Crippen LogP contribution in [0.1, 0.15) is 30.9 Å². The second-order valence-corrected chi connectivity index (χ2v) is 6.12. The van der Waals surface area contributed by atoms with E-state index in [1.807, 2.05) is 0 Å². The molecule has 1 aromatic rings. The highest BCUT2D eigenvalue weighted by atomic mass is 16.5. The minimum Gasteiger partial charge on any atom is -0.385 e. The topological polar surface area (TPSA) is 24.5 Å². The van der Waals surface area contributed by atoms with Crippen LogP contribution in [0.15, 0.2) is 30.3 Å². The number of piperazine rings is 1. The highest BCUT2D eigenvalue weighted by Crippen LogP contribution is 2.36. The van der Waals surface area contributed by atoms with Gasteiger partial charge in [0.1, 0.15) is 0 Å². The van der Waals surface area contributed by atoms with Crippen LogP contribution < -0.4 is 5.32 Å². The van der Waals surface area contributed by atoms with E-state index in [0.29, 0.717) is 12.1 Å². The first-order valence-electron chi connectivity index (χ1n) is 7.90. The summed E-state index contributed by atoms with van der Waals surface area (Å²) in [5, 5.41) is 3.78. The zero-order chi connectivity index (χ0) is 13.8. The van der Waals surface area contributed by atoms with E-state index in [4.69, 9.17) is 4.74 Å². The molecule has 0 spiro atoms. The van der Waals surface area contributed by atoms with Gasteiger partial charge < -0.3 is 10.1 Å². The van der Waals surface area contributed by atoms with Crippen molar-refractivity contribution in [2.75, 3.05) is 33.4 Å². The van der Waals surface area contributed by atoms with Gasteiger partial charge in [0.25, 0.3) is 0 Å². The van der Waals surface area contributed by atoms with Gasteiger partial charge in [-0.15, -0.1) is 0 Å². The Morgan fingerprint density at radius 2 is 2.05 bits per heavy atom. The molecule has 2 aliphatic rings. The first kappa shape index (κ1) is 14.1. The summed E-state index contributed by atoms with van der Waals surface area (Å²) >= 11 is 0. The lowest BCUT2D eigenvalue weighted by Crippen LogP contribution is -2.53. The second kappa shape index (κ2) is 6.70. The third-order valence-electron chi connectivity index (χ3n) is 4.61. The van der Waals surface area contributed by atoms with Crippen LogP contribution in [0.25, 0.3) is 0 Å². The van der Waals surface area contributed by atoms with Crippen molar-refractivity contribution in [1.29, 1.82) is 0 Å².